The fraction of sp³-hybridized carbons (Fsp3) is 0. The minimum absolute atomic E-state index is 0.175. The molecule has 0 aliphatic heterocycles. The maximum Gasteiger partial charge on any atom is 0.263 e. The molecule has 0 aliphatic carbocycles. The fourth-order valence-electron chi connectivity index (χ4n) is 1.28. The Kier molecular flexibility index (Phi) is 3.89. The number of nitrogens with zero attached hydrogens (tertiary/aromatic N) is 1. The quantitative estimate of drug-likeness (QED) is 0.927. The number of hydrogen-bond donors (Lipinski definition) is 1. The average Bonchev–Trinajstić information content (AvgIpc) is 2.34. The van der Waals surface area contributed by atoms with Gasteiger partial charge in [-0.3, -0.25) is 4.72 Å². The van der Waals surface area contributed by atoms with Gasteiger partial charge in [0.1, 0.15) is 0 Å². The lowest BCUT2D eigenvalue weighted by Crippen LogP contribution is -2.14. The largest absolute Gasteiger partial charge is 0.263 e. The molecule has 94 valence electrons. The SMILES string of the molecule is O=S(=O)(Nc1ncc(Cl)cc1Br)c1ccccc1. The van der Waals surface area contributed by atoms with Gasteiger partial charge in [0.2, 0.25) is 0 Å². The van der Waals surface area contributed by atoms with Gasteiger partial charge >= 0.3 is 0 Å². The van der Waals surface area contributed by atoms with Crippen LogP contribution in [0.4, 0.5) is 5.82 Å². The molecular weight excluding hydrogens is 340 g/mol. The number of anilines is 1. The standard InChI is InChI=1S/C11H8BrClN2O2S/c12-10-6-8(13)7-14-11(10)15-18(16,17)9-4-2-1-3-5-9/h1-7H,(H,14,15). The summed E-state index contributed by atoms with van der Waals surface area (Å²) in [5, 5.41) is 0.421. The summed E-state index contributed by atoms with van der Waals surface area (Å²) in [6.45, 7) is 0. The highest BCUT2D eigenvalue weighted by molar-refractivity contribution is 9.10. The van der Waals surface area contributed by atoms with E-state index in [1.807, 2.05) is 0 Å². The summed E-state index contributed by atoms with van der Waals surface area (Å²) in [5.74, 6) is 0.197. The smallest absolute Gasteiger partial charge is 0.262 e. The van der Waals surface area contributed by atoms with Crippen LogP contribution in [0, 0.1) is 0 Å². The first-order valence-corrected chi connectivity index (χ1v) is 7.53. The average molecular weight is 348 g/mol. The molecule has 0 saturated carbocycles. The predicted octanol–water partition coefficient (Wildman–Crippen LogP) is 3.30. The summed E-state index contributed by atoms with van der Waals surface area (Å²) >= 11 is 8.93. The van der Waals surface area contributed by atoms with E-state index in [4.69, 9.17) is 11.6 Å². The van der Waals surface area contributed by atoms with Gasteiger partial charge in [-0.15, -0.1) is 0 Å². The van der Waals surface area contributed by atoms with Gasteiger partial charge < -0.3 is 0 Å². The van der Waals surface area contributed by atoms with Crippen LogP contribution in [0.25, 0.3) is 0 Å². The summed E-state index contributed by atoms with van der Waals surface area (Å²) in [6.07, 6.45) is 1.37. The second-order valence-corrected chi connectivity index (χ2v) is 6.38. The van der Waals surface area contributed by atoms with Crippen molar-refractivity contribution in [2.24, 2.45) is 0 Å². The summed E-state index contributed by atoms with van der Waals surface area (Å²) in [5.41, 5.74) is 0. The summed E-state index contributed by atoms with van der Waals surface area (Å²) in [6, 6.07) is 9.63. The van der Waals surface area contributed by atoms with E-state index in [0.29, 0.717) is 9.50 Å². The van der Waals surface area contributed by atoms with E-state index in [0.717, 1.165) is 0 Å². The number of hydrogen-bond acceptors (Lipinski definition) is 3. The molecule has 7 heteroatoms. The van der Waals surface area contributed by atoms with E-state index < -0.39 is 10.0 Å². The zero-order valence-electron chi connectivity index (χ0n) is 8.97. The van der Waals surface area contributed by atoms with Crippen LogP contribution in [0.15, 0.2) is 52.0 Å². The van der Waals surface area contributed by atoms with E-state index in [1.54, 1.807) is 24.3 Å². The topological polar surface area (TPSA) is 59.1 Å². The van der Waals surface area contributed by atoms with Gasteiger partial charge in [0.25, 0.3) is 10.0 Å². The van der Waals surface area contributed by atoms with E-state index in [1.165, 1.54) is 18.3 Å². The lowest BCUT2D eigenvalue weighted by atomic mass is 10.4. The molecule has 0 bridgehead atoms. The van der Waals surface area contributed by atoms with Crippen molar-refractivity contribution in [3.05, 3.63) is 52.1 Å². The van der Waals surface area contributed by atoms with Gasteiger partial charge in [0.05, 0.1) is 14.4 Å². The third-order valence-electron chi connectivity index (χ3n) is 2.09. The van der Waals surface area contributed by atoms with Gasteiger partial charge in [-0.2, -0.15) is 0 Å². The Labute approximate surface area is 118 Å². The number of sulfonamides is 1. The number of rotatable bonds is 3. The normalized spacial score (nSPS) is 11.2. The number of aromatic nitrogens is 1. The van der Waals surface area contributed by atoms with Crippen molar-refractivity contribution in [1.29, 1.82) is 0 Å². The van der Waals surface area contributed by atoms with Gasteiger partial charge in [-0.05, 0) is 34.1 Å². The van der Waals surface area contributed by atoms with Crippen molar-refractivity contribution in [2.75, 3.05) is 4.72 Å². The minimum Gasteiger partial charge on any atom is -0.262 e. The highest BCUT2D eigenvalue weighted by Crippen LogP contribution is 2.25. The molecule has 0 aliphatic rings. The van der Waals surface area contributed by atoms with Crippen LogP contribution >= 0.6 is 27.5 Å². The van der Waals surface area contributed by atoms with E-state index in [2.05, 4.69) is 25.6 Å². The summed E-state index contributed by atoms with van der Waals surface area (Å²) in [7, 11) is -3.63. The van der Waals surface area contributed by atoms with Crippen molar-refractivity contribution in [1.82, 2.24) is 4.98 Å². The lowest BCUT2D eigenvalue weighted by Gasteiger charge is -2.08. The van der Waals surface area contributed by atoms with Crippen molar-refractivity contribution < 1.29 is 8.42 Å². The highest BCUT2D eigenvalue weighted by atomic mass is 79.9. The van der Waals surface area contributed by atoms with Crippen LogP contribution in [-0.4, -0.2) is 13.4 Å². The second-order valence-electron chi connectivity index (χ2n) is 3.40. The first-order valence-electron chi connectivity index (χ1n) is 4.88. The molecule has 0 radical (unpaired) electrons. The third kappa shape index (κ3) is 3.01. The van der Waals surface area contributed by atoms with Crippen molar-refractivity contribution in [2.45, 2.75) is 4.90 Å². The van der Waals surface area contributed by atoms with Crippen LogP contribution < -0.4 is 4.72 Å². The Morgan fingerprint density at radius 3 is 2.50 bits per heavy atom. The van der Waals surface area contributed by atoms with E-state index >= 15 is 0 Å². The van der Waals surface area contributed by atoms with Crippen molar-refractivity contribution in [3.8, 4) is 0 Å². The molecule has 2 aromatic rings. The van der Waals surface area contributed by atoms with Gasteiger partial charge in [-0.25, -0.2) is 13.4 Å². The molecule has 1 aromatic carbocycles. The zero-order chi connectivity index (χ0) is 13.2. The first-order chi connectivity index (χ1) is 8.49. The molecule has 0 spiro atoms. The molecule has 0 amide bonds. The zero-order valence-corrected chi connectivity index (χ0v) is 12.1. The van der Waals surface area contributed by atoms with Crippen LogP contribution in [0.1, 0.15) is 0 Å². The highest BCUT2D eigenvalue weighted by Gasteiger charge is 2.15. The third-order valence-corrected chi connectivity index (χ3v) is 4.26. The Bertz CT molecular complexity index is 662. The number of pyridine rings is 1. The molecule has 2 rings (SSSR count). The molecule has 1 aromatic heterocycles. The Morgan fingerprint density at radius 2 is 1.89 bits per heavy atom. The number of benzene rings is 1. The van der Waals surface area contributed by atoms with Crippen LogP contribution in [-0.2, 0) is 10.0 Å². The Morgan fingerprint density at radius 1 is 1.22 bits per heavy atom. The first kappa shape index (κ1) is 13.3. The van der Waals surface area contributed by atoms with Gasteiger partial charge in [0, 0.05) is 6.20 Å². The minimum atomic E-state index is -3.63. The molecule has 0 unspecified atom stereocenters. The Hall–Kier alpha value is -1.11. The molecule has 0 atom stereocenters. The van der Waals surface area contributed by atoms with Gasteiger partial charge in [-0.1, -0.05) is 29.8 Å². The number of nitrogens with one attached hydrogen (secondary N) is 1. The van der Waals surface area contributed by atoms with Crippen molar-refractivity contribution >= 4 is 43.4 Å². The molecule has 1 N–H and O–H groups in total. The molecule has 4 nitrogen and oxygen atoms in total. The van der Waals surface area contributed by atoms with E-state index in [9.17, 15) is 8.42 Å². The molecular formula is C11H8BrClN2O2S. The number of halogens is 2. The molecule has 18 heavy (non-hydrogen) atoms. The predicted molar refractivity (Wildman–Crippen MR) is 74.2 cm³/mol. The maximum absolute atomic E-state index is 12.0. The summed E-state index contributed by atoms with van der Waals surface area (Å²) < 4.78 is 26.9. The lowest BCUT2D eigenvalue weighted by molar-refractivity contribution is 0.601. The molecule has 1 heterocycles. The molecule has 0 fully saturated rings. The fourth-order valence-corrected chi connectivity index (χ4v) is 3.20. The monoisotopic (exact) mass is 346 g/mol. The summed E-state index contributed by atoms with van der Waals surface area (Å²) in [4.78, 5) is 4.09. The van der Waals surface area contributed by atoms with Crippen LogP contribution in [0.3, 0.4) is 0 Å². The molecule has 0 saturated heterocycles. The van der Waals surface area contributed by atoms with Crippen molar-refractivity contribution in [3.63, 3.8) is 0 Å². The van der Waals surface area contributed by atoms with Gasteiger partial charge in [0.15, 0.2) is 5.82 Å². The van der Waals surface area contributed by atoms with Crippen LogP contribution in [0.5, 0.6) is 0 Å². The maximum atomic E-state index is 12.0. The second kappa shape index (κ2) is 5.26. The Balaban J connectivity index is 2.34. The van der Waals surface area contributed by atoms with E-state index in [-0.39, 0.29) is 10.7 Å². The van der Waals surface area contributed by atoms with Crippen LogP contribution in [0.2, 0.25) is 5.02 Å².